The Morgan fingerprint density at radius 2 is 1.13 bits per heavy atom. The van der Waals surface area contributed by atoms with E-state index in [1.165, 1.54) is 24.1 Å². The first-order valence-corrected chi connectivity index (χ1v) is 11.2. The lowest BCUT2D eigenvalue weighted by molar-refractivity contribution is 0.795. The lowest BCUT2D eigenvalue weighted by Gasteiger charge is -2.21. The van der Waals surface area contributed by atoms with Crippen molar-refractivity contribution in [1.82, 2.24) is 0 Å². The normalized spacial score (nSPS) is 10.9. The van der Waals surface area contributed by atoms with Crippen LogP contribution in [0, 0.1) is 0 Å². The molecule has 5 heteroatoms. The number of nitrogens with zero attached hydrogens (tertiary/aromatic N) is 3. The fraction of sp³-hybridized carbons (Fsp3) is 0.308. The molecule has 0 radical (unpaired) electrons. The zero-order chi connectivity index (χ0) is 21.9. The van der Waals surface area contributed by atoms with Gasteiger partial charge in [0.1, 0.15) is 0 Å². The second kappa shape index (κ2) is 11.7. The molecule has 3 aromatic rings. The third-order valence-corrected chi connectivity index (χ3v) is 5.25. The summed E-state index contributed by atoms with van der Waals surface area (Å²) in [4.78, 5) is 2.32. The summed E-state index contributed by atoms with van der Waals surface area (Å²) in [5.74, 6) is 0. The van der Waals surface area contributed by atoms with Crippen molar-refractivity contribution in [2.75, 3.05) is 28.8 Å². The van der Waals surface area contributed by atoms with E-state index in [-0.39, 0.29) is 0 Å². The number of benzene rings is 3. The maximum absolute atomic E-state index is 4.34. The van der Waals surface area contributed by atoms with E-state index in [1.54, 1.807) is 0 Å². The molecule has 0 saturated carbocycles. The van der Waals surface area contributed by atoms with E-state index < -0.39 is 0 Å². The van der Waals surface area contributed by atoms with E-state index in [9.17, 15) is 0 Å². The predicted octanol–water partition coefficient (Wildman–Crippen LogP) is 7.73. The highest BCUT2D eigenvalue weighted by molar-refractivity contribution is 5.59. The summed E-state index contributed by atoms with van der Waals surface area (Å²) in [6.07, 6.45) is 3.55. The standard InChI is InChI=1S/C26H33N5/c1-4-7-8-21-9-11-22(12-10-21)27-28-23-13-15-24(16-14-23)29-30-25-17-19-26(20-18-25)31(5-2)6-3/h9-20,29-30H,4-8H2,1-3H3. The number of unbranched alkanes of at least 4 members (excludes halogenated alkanes) is 1. The summed E-state index contributed by atoms with van der Waals surface area (Å²) in [7, 11) is 0. The Morgan fingerprint density at radius 1 is 0.645 bits per heavy atom. The highest BCUT2D eigenvalue weighted by Gasteiger charge is 2.01. The molecule has 0 aromatic heterocycles. The summed E-state index contributed by atoms with van der Waals surface area (Å²) in [5.41, 5.74) is 12.7. The summed E-state index contributed by atoms with van der Waals surface area (Å²) in [6.45, 7) is 8.57. The Morgan fingerprint density at radius 3 is 1.61 bits per heavy atom. The van der Waals surface area contributed by atoms with Gasteiger partial charge < -0.3 is 15.8 Å². The second-order valence-corrected chi connectivity index (χ2v) is 7.49. The first kappa shape index (κ1) is 22.3. The van der Waals surface area contributed by atoms with Gasteiger partial charge in [-0.25, -0.2) is 0 Å². The molecule has 3 aromatic carbocycles. The van der Waals surface area contributed by atoms with Crippen LogP contribution in [0.3, 0.4) is 0 Å². The molecule has 0 heterocycles. The summed E-state index contributed by atoms with van der Waals surface area (Å²) >= 11 is 0. The molecule has 0 amide bonds. The number of aryl methyl sites for hydroxylation is 1. The van der Waals surface area contributed by atoms with Gasteiger partial charge in [0.05, 0.1) is 22.7 Å². The third-order valence-electron chi connectivity index (χ3n) is 5.25. The van der Waals surface area contributed by atoms with Crippen LogP contribution in [0.5, 0.6) is 0 Å². The van der Waals surface area contributed by atoms with Crippen LogP contribution in [0.1, 0.15) is 39.2 Å². The van der Waals surface area contributed by atoms with Gasteiger partial charge in [0.15, 0.2) is 0 Å². The van der Waals surface area contributed by atoms with E-state index in [0.29, 0.717) is 0 Å². The lowest BCUT2D eigenvalue weighted by atomic mass is 10.1. The average molecular weight is 416 g/mol. The summed E-state index contributed by atoms with van der Waals surface area (Å²) < 4.78 is 0. The van der Waals surface area contributed by atoms with Gasteiger partial charge in [0, 0.05) is 18.8 Å². The molecule has 3 rings (SSSR count). The zero-order valence-electron chi connectivity index (χ0n) is 18.8. The van der Waals surface area contributed by atoms with Gasteiger partial charge in [-0.15, -0.1) is 0 Å². The number of hydrogen-bond acceptors (Lipinski definition) is 5. The Hall–Kier alpha value is -3.34. The number of hydrazine groups is 1. The van der Waals surface area contributed by atoms with Crippen molar-refractivity contribution in [1.29, 1.82) is 0 Å². The molecule has 0 aliphatic heterocycles. The quantitative estimate of drug-likeness (QED) is 0.249. The molecule has 0 aliphatic rings. The molecule has 0 saturated heterocycles. The number of azo groups is 1. The van der Waals surface area contributed by atoms with Crippen LogP contribution in [-0.4, -0.2) is 13.1 Å². The van der Waals surface area contributed by atoms with Crippen molar-refractivity contribution in [3.8, 4) is 0 Å². The summed E-state index contributed by atoms with van der Waals surface area (Å²) in [5, 5.41) is 8.68. The van der Waals surface area contributed by atoms with E-state index >= 15 is 0 Å². The van der Waals surface area contributed by atoms with Gasteiger partial charge in [-0.1, -0.05) is 25.5 Å². The van der Waals surface area contributed by atoms with Crippen molar-refractivity contribution in [3.63, 3.8) is 0 Å². The minimum absolute atomic E-state index is 0.823. The van der Waals surface area contributed by atoms with Gasteiger partial charge in [0.2, 0.25) is 0 Å². The molecule has 162 valence electrons. The maximum Gasteiger partial charge on any atom is 0.0858 e. The van der Waals surface area contributed by atoms with Crippen LogP contribution in [0.15, 0.2) is 83.0 Å². The van der Waals surface area contributed by atoms with Crippen LogP contribution in [0.25, 0.3) is 0 Å². The minimum atomic E-state index is 0.823. The monoisotopic (exact) mass is 415 g/mol. The predicted molar refractivity (Wildman–Crippen MR) is 133 cm³/mol. The maximum atomic E-state index is 4.34. The molecule has 31 heavy (non-hydrogen) atoms. The Kier molecular flexibility index (Phi) is 8.47. The van der Waals surface area contributed by atoms with Gasteiger partial charge in [-0.2, -0.15) is 10.2 Å². The second-order valence-electron chi connectivity index (χ2n) is 7.49. The minimum Gasteiger partial charge on any atom is -0.372 e. The highest BCUT2D eigenvalue weighted by Crippen LogP contribution is 2.22. The third kappa shape index (κ3) is 6.85. The number of nitrogens with one attached hydrogen (secondary N) is 2. The smallest absolute Gasteiger partial charge is 0.0858 e. The average Bonchev–Trinajstić information content (AvgIpc) is 2.83. The Labute approximate surface area is 186 Å². The SMILES string of the molecule is CCCCc1ccc(N=Nc2ccc(NNc3ccc(N(CC)CC)cc3)cc2)cc1. The number of hydrogen-bond donors (Lipinski definition) is 2. The van der Waals surface area contributed by atoms with Crippen molar-refractivity contribution in [3.05, 3.63) is 78.4 Å². The van der Waals surface area contributed by atoms with Crippen molar-refractivity contribution in [2.45, 2.75) is 40.0 Å². The highest BCUT2D eigenvalue weighted by atomic mass is 15.4. The first-order valence-electron chi connectivity index (χ1n) is 11.2. The Balaban J connectivity index is 1.51. The zero-order valence-corrected chi connectivity index (χ0v) is 18.8. The largest absolute Gasteiger partial charge is 0.372 e. The van der Waals surface area contributed by atoms with Crippen LogP contribution in [0.2, 0.25) is 0 Å². The molecule has 0 spiro atoms. The molecule has 5 nitrogen and oxygen atoms in total. The van der Waals surface area contributed by atoms with Crippen molar-refractivity contribution >= 4 is 28.4 Å². The van der Waals surface area contributed by atoms with E-state index in [1.807, 2.05) is 36.4 Å². The molecular weight excluding hydrogens is 382 g/mol. The van der Waals surface area contributed by atoms with Crippen LogP contribution >= 0.6 is 0 Å². The number of rotatable bonds is 11. The van der Waals surface area contributed by atoms with Gasteiger partial charge >= 0.3 is 0 Å². The van der Waals surface area contributed by atoms with Gasteiger partial charge in [-0.05, 0) is 92.9 Å². The molecule has 0 atom stereocenters. The van der Waals surface area contributed by atoms with Crippen molar-refractivity contribution < 1.29 is 0 Å². The molecule has 0 fully saturated rings. The molecular formula is C26H33N5. The molecule has 0 unspecified atom stereocenters. The van der Waals surface area contributed by atoms with Gasteiger partial charge in [-0.3, -0.25) is 0 Å². The van der Waals surface area contributed by atoms with Crippen molar-refractivity contribution in [2.24, 2.45) is 10.2 Å². The fourth-order valence-corrected chi connectivity index (χ4v) is 3.33. The summed E-state index contributed by atoms with van der Waals surface area (Å²) in [6, 6.07) is 24.6. The van der Waals surface area contributed by atoms with Crippen LogP contribution in [0.4, 0.5) is 28.4 Å². The fourth-order valence-electron chi connectivity index (χ4n) is 3.33. The molecule has 2 N–H and O–H groups in total. The first-order chi connectivity index (χ1) is 15.2. The lowest BCUT2D eigenvalue weighted by Crippen LogP contribution is -2.21. The Bertz CT molecular complexity index is 927. The van der Waals surface area contributed by atoms with Crippen LogP contribution < -0.4 is 15.8 Å². The number of anilines is 3. The molecule has 0 aliphatic carbocycles. The van der Waals surface area contributed by atoms with E-state index in [0.717, 1.165) is 42.3 Å². The van der Waals surface area contributed by atoms with E-state index in [2.05, 4.69) is 83.1 Å². The van der Waals surface area contributed by atoms with E-state index in [4.69, 9.17) is 0 Å². The topological polar surface area (TPSA) is 52.0 Å². The molecule has 0 bridgehead atoms. The van der Waals surface area contributed by atoms with Crippen LogP contribution in [-0.2, 0) is 6.42 Å². The van der Waals surface area contributed by atoms with Gasteiger partial charge in [0.25, 0.3) is 0 Å².